The van der Waals surface area contributed by atoms with Crippen LogP contribution < -0.4 is 15.5 Å². The summed E-state index contributed by atoms with van der Waals surface area (Å²) < 4.78 is 0. The first-order valence-electron chi connectivity index (χ1n) is 7.95. The SMILES string of the molecule is CC1CCC(NC(=O)NCCN(C)c2ccccc2)CC1. The Bertz CT molecular complexity index is 427. The number of carbonyl (C=O) groups excluding carboxylic acids is 1. The molecule has 1 aliphatic rings. The minimum Gasteiger partial charge on any atom is -0.373 e. The van der Waals surface area contributed by atoms with Gasteiger partial charge in [-0.05, 0) is 43.7 Å². The van der Waals surface area contributed by atoms with Crippen molar-refractivity contribution in [2.24, 2.45) is 5.92 Å². The normalized spacial score (nSPS) is 21.6. The average molecular weight is 289 g/mol. The molecule has 0 aromatic heterocycles. The van der Waals surface area contributed by atoms with Gasteiger partial charge < -0.3 is 15.5 Å². The third kappa shape index (κ3) is 5.29. The van der Waals surface area contributed by atoms with E-state index in [4.69, 9.17) is 0 Å². The van der Waals surface area contributed by atoms with E-state index in [1.54, 1.807) is 0 Å². The van der Waals surface area contributed by atoms with Gasteiger partial charge in [0.25, 0.3) is 0 Å². The molecule has 1 fully saturated rings. The lowest BCUT2D eigenvalue weighted by atomic mass is 9.87. The number of nitrogens with zero attached hydrogens (tertiary/aromatic N) is 1. The summed E-state index contributed by atoms with van der Waals surface area (Å²) in [5, 5.41) is 6.03. The zero-order valence-corrected chi connectivity index (χ0v) is 13.1. The monoisotopic (exact) mass is 289 g/mol. The van der Waals surface area contributed by atoms with Gasteiger partial charge >= 0.3 is 6.03 Å². The Balaban J connectivity index is 1.63. The highest BCUT2D eigenvalue weighted by Crippen LogP contribution is 2.23. The lowest BCUT2D eigenvalue weighted by Gasteiger charge is -2.27. The summed E-state index contributed by atoms with van der Waals surface area (Å²) >= 11 is 0. The number of anilines is 1. The Morgan fingerprint density at radius 2 is 1.86 bits per heavy atom. The van der Waals surface area contributed by atoms with Gasteiger partial charge in [0.05, 0.1) is 0 Å². The van der Waals surface area contributed by atoms with E-state index in [-0.39, 0.29) is 6.03 Å². The van der Waals surface area contributed by atoms with Crippen LogP contribution in [0.25, 0.3) is 0 Å². The number of nitrogens with one attached hydrogen (secondary N) is 2. The van der Waals surface area contributed by atoms with Crippen LogP contribution in [0.2, 0.25) is 0 Å². The molecule has 2 rings (SSSR count). The van der Waals surface area contributed by atoms with E-state index in [1.165, 1.54) is 18.5 Å². The second-order valence-corrected chi connectivity index (χ2v) is 6.11. The molecule has 116 valence electrons. The summed E-state index contributed by atoms with van der Waals surface area (Å²) in [5.41, 5.74) is 1.17. The molecule has 1 saturated carbocycles. The van der Waals surface area contributed by atoms with Crippen LogP contribution in [0.15, 0.2) is 30.3 Å². The van der Waals surface area contributed by atoms with Gasteiger partial charge in [0.2, 0.25) is 0 Å². The van der Waals surface area contributed by atoms with Crippen molar-refractivity contribution in [1.82, 2.24) is 10.6 Å². The van der Waals surface area contributed by atoms with Gasteiger partial charge in [-0.1, -0.05) is 25.1 Å². The molecule has 0 radical (unpaired) electrons. The second-order valence-electron chi connectivity index (χ2n) is 6.11. The van der Waals surface area contributed by atoms with Gasteiger partial charge in [-0.25, -0.2) is 4.79 Å². The number of urea groups is 1. The number of likely N-dealkylation sites (N-methyl/N-ethyl adjacent to an activating group) is 1. The Kier molecular flexibility index (Phi) is 5.90. The van der Waals surface area contributed by atoms with Crippen molar-refractivity contribution in [1.29, 1.82) is 0 Å². The van der Waals surface area contributed by atoms with Crippen molar-refractivity contribution < 1.29 is 4.79 Å². The van der Waals surface area contributed by atoms with Crippen LogP contribution in [0, 0.1) is 5.92 Å². The van der Waals surface area contributed by atoms with E-state index < -0.39 is 0 Å². The van der Waals surface area contributed by atoms with Crippen molar-refractivity contribution in [3.05, 3.63) is 30.3 Å². The van der Waals surface area contributed by atoms with Crippen molar-refractivity contribution in [3.8, 4) is 0 Å². The number of rotatable bonds is 5. The molecule has 21 heavy (non-hydrogen) atoms. The number of para-hydroxylation sites is 1. The summed E-state index contributed by atoms with van der Waals surface area (Å²) in [4.78, 5) is 14.0. The van der Waals surface area contributed by atoms with Crippen molar-refractivity contribution in [2.75, 3.05) is 25.0 Å². The van der Waals surface area contributed by atoms with Crippen LogP contribution in [0.4, 0.5) is 10.5 Å². The average Bonchev–Trinajstić information content (AvgIpc) is 2.50. The quantitative estimate of drug-likeness (QED) is 0.875. The third-order valence-electron chi connectivity index (χ3n) is 4.28. The number of hydrogen-bond donors (Lipinski definition) is 2. The van der Waals surface area contributed by atoms with E-state index in [0.29, 0.717) is 12.6 Å². The molecule has 4 heteroatoms. The van der Waals surface area contributed by atoms with Crippen molar-refractivity contribution in [3.63, 3.8) is 0 Å². The summed E-state index contributed by atoms with van der Waals surface area (Å²) in [6, 6.07) is 10.5. The van der Waals surface area contributed by atoms with Crippen LogP contribution >= 0.6 is 0 Å². The summed E-state index contributed by atoms with van der Waals surface area (Å²) in [6.07, 6.45) is 4.67. The van der Waals surface area contributed by atoms with Gasteiger partial charge in [-0.15, -0.1) is 0 Å². The highest BCUT2D eigenvalue weighted by Gasteiger charge is 2.19. The summed E-state index contributed by atoms with van der Waals surface area (Å²) in [7, 11) is 2.04. The first-order valence-corrected chi connectivity index (χ1v) is 7.95. The van der Waals surface area contributed by atoms with Crippen molar-refractivity contribution >= 4 is 11.7 Å². The maximum absolute atomic E-state index is 11.9. The van der Waals surface area contributed by atoms with Crippen LogP contribution in [-0.2, 0) is 0 Å². The number of benzene rings is 1. The molecule has 4 nitrogen and oxygen atoms in total. The minimum absolute atomic E-state index is 0.0315. The molecule has 2 N–H and O–H groups in total. The molecular formula is C17H27N3O. The van der Waals surface area contributed by atoms with Crippen LogP contribution in [0.1, 0.15) is 32.6 Å². The zero-order chi connectivity index (χ0) is 15.1. The lowest BCUT2D eigenvalue weighted by Crippen LogP contribution is -2.45. The molecule has 0 saturated heterocycles. The lowest BCUT2D eigenvalue weighted by molar-refractivity contribution is 0.229. The number of carbonyl (C=O) groups is 1. The molecule has 1 aromatic rings. The fraction of sp³-hybridized carbons (Fsp3) is 0.588. The first kappa shape index (κ1) is 15.7. The predicted molar refractivity (Wildman–Crippen MR) is 87.7 cm³/mol. The van der Waals surface area contributed by atoms with Crippen LogP contribution in [0.3, 0.4) is 0 Å². The predicted octanol–water partition coefficient (Wildman–Crippen LogP) is 3.00. The van der Waals surface area contributed by atoms with E-state index in [2.05, 4.69) is 34.6 Å². The third-order valence-corrected chi connectivity index (χ3v) is 4.28. The standard InChI is InChI=1S/C17H27N3O/c1-14-8-10-15(11-9-14)19-17(21)18-12-13-20(2)16-6-4-3-5-7-16/h3-7,14-15H,8-13H2,1-2H3,(H2,18,19,21). The van der Waals surface area contributed by atoms with Gasteiger partial charge in [-0.2, -0.15) is 0 Å². The van der Waals surface area contributed by atoms with Crippen LogP contribution in [0.5, 0.6) is 0 Å². The Morgan fingerprint density at radius 3 is 2.52 bits per heavy atom. The molecule has 1 aliphatic carbocycles. The molecule has 0 heterocycles. The molecule has 0 bridgehead atoms. The summed E-state index contributed by atoms with van der Waals surface area (Å²) in [5.74, 6) is 0.811. The summed E-state index contributed by atoms with van der Waals surface area (Å²) in [6.45, 7) is 3.75. The molecule has 0 atom stereocenters. The van der Waals surface area contributed by atoms with E-state index in [1.807, 2.05) is 25.2 Å². The van der Waals surface area contributed by atoms with Gasteiger partial charge in [0.15, 0.2) is 0 Å². The molecule has 1 aromatic carbocycles. The maximum atomic E-state index is 11.9. The highest BCUT2D eigenvalue weighted by molar-refractivity contribution is 5.74. The Hall–Kier alpha value is -1.71. The molecule has 2 amide bonds. The van der Waals surface area contributed by atoms with Crippen molar-refractivity contribution in [2.45, 2.75) is 38.6 Å². The first-order chi connectivity index (χ1) is 10.1. The Labute approximate surface area is 127 Å². The fourth-order valence-electron chi connectivity index (χ4n) is 2.79. The van der Waals surface area contributed by atoms with E-state index >= 15 is 0 Å². The Morgan fingerprint density at radius 1 is 1.19 bits per heavy atom. The number of amides is 2. The number of hydrogen-bond acceptors (Lipinski definition) is 2. The molecular weight excluding hydrogens is 262 g/mol. The largest absolute Gasteiger partial charge is 0.373 e. The fourth-order valence-corrected chi connectivity index (χ4v) is 2.79. The molecule has 0 aliphatic heterocycles. The molecule has 0 spiro atoms. The highest BCUT2D eigenvalue weighted by atomic mass is 16.2. The smallest absolute Gasteiger partial charge is 0.315 e. The minimum atomic E-state index is -0.0315. The van der Waals surface area contributed by atoms with Gasteiger partial charge in [-0.3, -0.25) is 0 Å². The second kappa shape index (κ2) is 7.91. The van der Waals surface area contributed by atoms with E-state index in [0.717, 1.165) is 25.3 Å². The topological polar surface area (TPSA) is 44.4 Å². The zero-order valence-electron chi connectivity index (χ0n) is 13.1. The van der Waals surface area contributed by atoms with Gasteiger partial charge in [0, 0.05) is 31.9 Å². The van der Waals surface area contributed by atoms with E-state index in [9.17, 15) is 4.79 Å². The van der Waals surface area contributed by atoms with Crippen LogP contribution in [-0.4, -0.2) is 32.2 Å². The maximum Gasteiger partial charge on any atom is 0.315 e. The molecule has 0 unspecified atom stereocenters. The van der Waals surface area contributed by atoms with Gasteiger partial charge in [0.1, 0.15) is 0 Å².